The highest BCUT2D eigenvalue weighted by Gasteiger charge is 2.39. The van der Waals surface area contributed by atoms with E-state index in [-0.39, 0.29) is 16.5 Å². The number of hydrogen-bond acceptors (Lipinski definition) is 5. The molecule has 22 heavy (non-hydrogen) atoms. The van der Waals surface area contributed by atoms with E-state index in [0.29, 0.717) is 0 Å². The third-order valence-electron chi connectivity index (χ3n) is 3.08. The molecule has 0 saturated carbocycles. The van der Waals surface area contributed by atoms with E-state index in [4.69, 9.17) is 28.5 Å². The Labute approximate surface area is 136 Å². The summed E-state index contributed by atoms with van der Waals surface area (Å²) in [5, 5.41) is 20.2. The molecule has 1 aromatic carbocycles. The first-order valence-electron chi connectivity index (χ1n) is 6.13. The summed E-state index contributed by atoms with van der Waals surface area (Å²) in [6.07, 6.45) is 0. The number of Topliss-reactive ketones (excluding diaryl/α,β-unsaturated/α-hetero) is 2. The van der Waals surface area contributed by atoms with Crippen LogP contribution in [0.2, 0.25) is 5.02 Å². The van der Waals surface area contributed by atoms with Gasteiger partial charge in [0.2, 0.25) is 0 Å². The topological polar surface area (TPSA) is 101 Å². The molecule has 0 amide bonds. The van der Waals surface area contributed by atoms with Gasteiger partial charge in [-0.1, -0.05) is 25.4 Å². The predicted octanol–water partition coefficient (Wildman–Crippen LogP) is 3.40. The largest absolute Gasteiger partial charge is 0.297 e. The number of hydrogen-bond donors (Lipinski definition) is 0. The molecule has 0 spiro atoms. The van der Waals surface area contributed by atoms with Crippen LogP contribution in [0.15, 0.2) is 18.2 Å². The first-order chi connectivity index (χ1) is 10.2. The molecule has 0 bridgehead atoms. The highest BCUT2D eigenvalue weighted by molar-refractivity contribution is 6.31. The molecule has 8 heteroatoms. The number of carbonyl (C=O) groups is 2. The number of halogens is 2. The third kappa shape index (κ3) is 3.62. The fourth-order valence-electron chi connectivity index (χ4n) is 1.71. The number of nitro groups is 1. The average molecular weight is 343 g/mol. The number of ketones is 2. The molecule has 1 aromatic rings. The molecule has 1 unspecified atom stereocenters. The van der Waals surface area contributed by atoms with Crippen molar-refractivity contribution >= 4 is 40.5 Å². The summed E-state index contributed by atoms with van der Waals surface area (Å²) >= 11 is 11.3. The second-order valence-electron chi connectivity index (χ2n) is 5.23. The van der Waals surface area contributed by atoms with E-state index in [1.807, 2.05) is 0 Å². The highest BCUT2D eigenvalue weighted by atomic mass is 35.5. The number of alkyl halides is 1. The molecule has 0 N–H and O–H groups in total. The van der Waals surface area contributed by atoms with Crippen molar-refractivity contribution < 1.29 is 14.5 Å². The fraction of sp³-hybridized carbons (Fsp3) is 0.357. The van der Waals surface area contributed by atoms with Crippen LogP contribution < -0.4 is 0 Å². The van der Waals surface area contributed by atoms with E-state index in [9.17, 15) is 19.7 Å². The third-order valence-corrected chi connectivity index (χ3v) is 3.98. The maximum Gasteiger partial charge on any atom is 0.281 e. The summed E-state index contributed by atoms with van der Waals surface area (Å²) < 4.78 is 0. The van der Waals surface area contributed by atoms with E-state index in [2.05, 4.69) is 0 Å². The average Bonchev–Trinajstić information content (AvgIpc) is 2.47. The minimum absolute atomic E-state index is 0.0733. The van der Waals surface area contributed by atoms with Gasteiger partial charge >= 0.3 is 0 Å². The van der Waals surface area contributed by atoms with Crippen LogP contribution in [0.3, 0.4) is 0 Å². The number of nitro benzene ring substituents is 1. The molecule has 0 aliphatic carbocycles. The Morgan fingerprint density at radius 3 is 2.50 bits per heavy atom. The Morgan fingerprint density at radius 1 is 1.45 bits per heavy atom. The molecule has 0 saturated heterocycles. The summed E-state index contributed by atoms with van der Waals surface area (Å²) in [6.45, 7) is 2.99. The second-order valence-corrected chi connectivity index (χ2v) is 5.93. The summed E-state index contributed by atoms with van der Waals surface area (Å²) in [5.74, 6) is -3.36. The van der Waals surface area contributed by atoms with Crippen LogP contribution in [0, 0.1) is 32.8 Å². The fourth-order valence-corrected chi connectivity index (χ4v) is 2.01. The molecule has 0 fully saturated rings. The molecule has 1 rings (SSSR count). The molecule has 0 aliphatic heterocycles. The van der Waals surface area contributed by atoms with Gasteiger partial charge in [-0.15, -0.1) is 11.6 Å². The van der Waals surface area contributed by atoms with Crippen LogP contribution in [0.1, 0.15) is 24.2 Å². The summed E-state index contributed by atoms with van der Waals surface area (Å²) in [5.41, 5.74) is -1.98. The van der Waals surface area contributed by atoms with Crippen LogP contribution in [0.5, 0.6) is 0 Å². The molecule has 116 valence electrons. The van der Waals surface area contributed by atoms with Crippen LogP contribution >= 0.6 is 23.2 Å². The van der Waals surface area contributed by atoms with Gasteiger partial charge in [0, 0.05) is 22.4 Å². The Kier molecular flexibility index (Phi) is 5.64. The monoisotopic (exact) mass is 342 g/mol. The molecule has 6 nitrogen and oxygen atoms in total. The van der Waals surface area contributed by atoms with Gasteiger partial charge in [0.25, 0.3) is 5.69 Å². The van der Waals surface area contributed by atoms with Crippen molar-refractivity contribution in [3.8, 4) is 6.07 Å². The lowest BCUT2D eigenvalue weighted by Gasteiger charge is -2.21. The Balaban J connectivity index is 3.33. The van der Waals surface area contributed by atoms with Crippen molar-refractivity contribution in [3.63, 3.8) is 0 Å². The minimum Gasteiger partial charge on any atom is -0.297 e. The normalized spacial score (nSPS) is 12.3. The second kappa shape index (κ2) is 6.86. The first-order valence-corrected chi connectivity index (χ1v) is 7.05. The van der Waals surface area contributed by atoms with Gasteiger partial charge in [0.1, 0.15) is 0 Å². The quantitative estimate of drug-likeness (QED) is 0.259. The molecular formula is C14H12Cl2N2O4. The van der Waals surface area contributed by atoms with Gasteiger partial charge in [-0.25, -0.2) is 0 Å². The SMILES string of the molecule is CC(C)(CCl)C(=O)C(C#N)C(=O)c1ccc(Cl)cc1[N+](=O)[O-]. The van der Waals surface area contributed by atoms with E-state index in [1.54, 1.807) is 6.07 Å². The zero-order valence-corrected chi connectivity index (χ0v) is 13.3. The minimum atomic E-state index is -1.66. The van der Waals surface area contributed by atoms with E-state index in [0.717, 1.165) is 12.1 Å². The van der Waals surface area contributed by atoms with Crippen LogP contribution in [0.4, 0.5) is 5.69 Å². The summed E-state index contributed by atoms with van der Waals surface area (Å²) in [6, 6.07) is 5.03. The van der Waals surface area contributed by atoms with Gasteiger partial charge in [-0.3, -0.25) is 19.7 Å². The van der Waals surface area contributed by atoms with Crippen molar-refractivity contribution in [1.82, 2.24) is 0 Å². The highest BCUT2D eigenvalue weighted by Crippen LogP contribution is 2.29. The molecule has 0 aromatic heterocycles. The van der Waals surface area contributed by atoms with Crippen molar-refractivity contribution in [1.29, 1.82) is 5.26 Å². The number of carbonyl (C=O) groups excluding carboxylic acids is 2. The lowest BCUT2D eigenvalue weighted by Crippen LogP contribution is -2.36. The van der Waals surface area contributed by atoms with Gasteiger partial charge in [-0.05, 0) is 12.1 Å². The van der Waals surface area contributed by atoms with Crippen molar-refractivity contribution in [3.05, 3.63) is 38.9 Å². The molecular weight excluding hydrogens is 331 g/mol. The number of nitrogens with zero attached hydrogens (tertiary/aromatic N) is 2. The zero-order valence-electron chi connectivity index (χ0n) is 11.8. The molecule has 0 heterocycles. The molecule has 0 aliphatic rings. The molecule has 1 atom stereocenters. The van der Waals surface area contributed by atoms with E-state index < -0.39 is 33.5 Å². The standard InChI is InChI=1S/C14H12Cl2N2O4/c1-14(2,7-15)13(20)10(6-17)12(19)9-4-3-8(16)5-11(9)18(21)22/h3-5,10H,7H2,1-2H3. The Hall–Kier alpha value is -1.97. The van der Waals surface area contributed by atoms with Crippen LogP contribution in [-0.2, 0) is 4.79 Å². The molecule has 0 radical (unpaired) electrons. The van der Waals surface area contributed by atoms with Crippen LogP contribution in [-0.4, -0.2) is 22.4 Å². The lowest BCUT2D eigenvalue weighted by atomic mass is 9.80. The van der Waals surface area contributed by atoms with Crippen molar-refractivity contribution in [2.24, 2.45) is 11.3 Å². The maximum atomic E-state index is 12.4. The number of rotatable bonds is 6. The van der Waals surface area contributed by atoms with E-state index >= 15 is 0 Å². The zero-order chi connectivity index (χ0) is 17.1. The lowest BCUT2D eigenvalue weighted by molar-refractivity contribution is -0.385. The Morgan fingerprint density at radius 2 is 2.05 bits per heavy atom. The van der Waals surface area contributed by atoms with Gasteiger partial charge < -0.3 is 0 Å². The van der Waals surface area contributed by atoms with Crippen molar-refractivity contribution in [2.45, 2.75) is 13.8 Å². The Bertz CT molecular complexity index is 680. The maximum absolute atomic E-state index is 12.4. The predicted molar refractivity (Wildman–Crippen MR) is 81.0 cm³/mol. The van der Waals surface area contributed by atoms with E-state index in [1.165, 1.54) is 19.9 Å². The van der Waals surface area contributed by atoms with Gasteiger partial charge in [-0.2, -0.15) is 5.26 Å². The number of benzene rings is 1. The van der Waals surface area contributed by atoms with Crippen molar-refractivity contribution in [2.75, 3.05) is 5.88 Å². The van der Waals surface area contributed by atoms with Gasteiger partial charge in [0.05, 0.1) is 16.6 Å². The summed E-state index contributed by atoms with van der Waals surface area (Å²) in [4.78, 5) is 34.9. The summed E-state index contributed by atoms with van der Waals surface area (Å²) in [7, 11) is 0. The van der Waals surface area contributed by atoms with Gasteiger partial charge in [0.15, 0.2) is 17.5 Å². The smallest absolute Gasteiger partial charge is 0.281 e. The first kappa shape index (κ1) is 18.1. The van der Waals surface area contributed by atoms with Crippen LogP contribution in [0.25, 0.3) is 0 Å². The number of nitriles is 1.